The average molecular weight is 344 g/mol. The maximum atomic E-state index is 9.81. The smallest absolute Gasteiger partial charge is 0.119 e. The summed E-state index contributed by atoms with van der Waals surface area (Å²) in [4.78, 5) is 0. The lowest BCUT2D eigenvalue weighted by Gasteiger charge is -2.25. The first-order valence-corrected chi connectivity index (χ1v) is 8.38. The Kier molecular flexibility index (Phi) is 9.56. The first-order valence-electron chi connectivity index (χ1n) is 8.38. The van der Waals surface area contributed by atoms with Gasteiger partial charge >= 0.3 is 0 Å². The summed E-state index contributed by atoms with van der Waals surface area (Å²) >= 11 is 0. The van der Waals surface area contributed by atoms with Crippen molar-refractivity contribution in [3.05, 3.63) is 29.8 Å². The van der Waals surface area contributed by atoms with E-state index in [9.17, 15) is 5.11 Å². The van der Waals surface area contributed by atoms with Crippen LogP contribution in [-0.2, 0) is 11.2 Å². The molecule has 132 valence electrons. The molecular formula is C18H30ClNO3. The zero-order chi connectivity index (χ0) is 15.8. The van der Waals surface area contributed by atoms with E-state index in [4.69, 9.17) is 9.47 Å². The highest BCUT2D eigenvalue weighted by molar-refractivity contribution is 5.85. The van der Waals surface area contributed by atoms with Crippen LogP contribution >= 0.6 is 12.4 Å². The molecule has 1 saturated carbocycles. The Hall–Kier alpha value is -0.810. The summed E-state index contributed by atoms with van der Waals surface area (Å²) in [7, 11) is 0. The monoisotopic (exact) mass is 343 g/mol. The van der Waals surface area contributed by atoms with Gasteiger partial charge in [-0.25, -0.2) is 0 Å². The van der Waals surface area contributed by atoms with Gasteiger partial charge in [0.15, 0.2) is 0 Å². The van der Waals surface area contributed by atoms with Gasteiger partial charge in [0.25, 0.3) is 0 Å². The molecule has 4 nitrogen and oxygen atoms in total. The Morgan fingerprint density at radius 3 is 2.48 bits per heavy atom. The molecule has 0 spiro atoms. The summed E-state index contributed by atoms with van der Waals surface area (Å²) in [5, 5.41) is 13.0. The molecule has 2 rings (SSSR count). The van der Waals surface area contributed by atoms with E-state index in [1.165, 1.54) is 24.8 Å². The van der Waals surface area contributed by atoms with Crippen LogP contribution in [0.1, 0.15) is 38.7 Å². The number of halogens is 1. The van der Waals surface area contributed by atoms with Crippen molar-refractivity contribution in [3.8, 4) is 5.75 Å². The second kappa shape index (κ2) is 10.9. The van der Waals surface area contributed by atoms with Gasteiger partial charge in [-0.3, -0.25) is 0 Å². The van der Waals surface area contributed by atoms with Crippen LogP contribution in [0.3, 0.4) is 0 Å². The van der Waals surface area contributed by atoms with Gasteiger partial charge in [-0.2, -0.15) is 0 Å². The molecule has 1 aliphatic rings. The summed E-state index contributed by atoms with van der Waals surface area (Å²) in [5.41, 5.74) is 1.26. The minimum absolute atomic E-state index is 0. The first-order chi connectivity index (χ1) is 10.6. The second-order valence-electron chi connectivity index (χ2n) is 6.35. The quantitative estimate of drug-likeness (QED) is 0.685. The third-order valence-electron chi connectivity index (χ3n) is 3.92. The van der Waals surface area contributed by atoms with Crippen molar-refractivity contribution >= 4 is 12.4 Å². The van der Waals surface area contributed by atoms with Gasteiger partial charge in [-0.15, -0.1) is 12.4 Å². The molecule has 0 aliphatic heterocycles. The molecule has 23 heavy (non-hydrogen) atoms. The molecule has 0 radical (unpaired) electrons. The van der Waals surface area contributed by atoms with Gasteiger partial charge in [0, 0.05) is 12.6 Å². The molecule has 1 unspecified atom stereocenters. The van der Waals surface area contributed by atoms with E-state index >= 15 is 0 Å². The Balaban J connectivity index is 0.00000264. The second-order valence-corrected chi connectivity index (χ2v) is 6.35. The van der Waals surface area contributed by atoms with E-state index in [1.54, 1.807) is 0 Å². The van der Waals surface area contributed by atoms with Crippen LogP contribution < -0.4 is 10.1 Å². The minimum atomic E-state index is -0.488. The highest BCUT2D eigenvalue weighted by Gasteiger charge is 2.17. The number of aliphatic hydroxyl groups is 1. The van der Waals surface area contributed by atoms with Crippen LogP contribution in [0.2, 0.25) is 0 Å². The molecular weight excluding hydrogens is 314 g/mol. The number of hydrogen-bond donors (Lipinski definition) is 2. The number of ether oxygens (including phenoxy) is 2. The van der Waals surface area contributed by atoms with Crippen molar-refractivity contribution in [2.24, 2.45) is 0 Å². The molecule has 5 heteroatoms. The predicted molar refractivity (Wildman–Crippen MR) is 95.6 cm³/mol. The van der Waals surface area contributed by atoms with Gasteiger partial charge < -0.3 is 19.9 Å². The van der Waals surface area contributed by atoms with Crippen molar-refractivity contribution in [1.29, 1.82) is 0 Å². The van der Waals surface area contributed by atoms with Crippen molar-refractivity contribution in [3.63, 3.8) is 0 Å². The van der Waals surface area contributed by atoms with Gasteiger partial charge in [0.05, 0.1) is 12.7 Å². The predicted octanol–water partition coefficient (Wildman–Crippen LogP) is 2.96. The Morgan fingerprint density at radius 2 is 1.91 bits per heavy atom. The molecule has 1 fully saturated rings. The Labute approximate surface area is 146 Å². The van der Waals surface area contributed by atoms with Crippen molar-refractivity contribution < 1.29 is 14.6 Å². The highest BCUT2D eigenvalue weighted by atomic mass is 35.5. The van der Waals surface area contributed by atoms with E-state index in [2.05, 4.69) is 31.3 Å². The molecule has 0 heterocycles. The van der Waals surface area contributed by atoms with Crippen LogP contribution in [-0.4, -0.2) is 43.1 Å². The van der Waals surface area contributed by atoms with Gasteiger partial charge in [0.2, 0.25) is 0 Å². The third-order valence-corrected chi connectivity index (χ3v) is 3.92. The lowest BCUT2D eigenvalue weighted by Crippen LogP contribution is -2.35. The summed E-state index contributed by atoms with van der Waals surface area (Å²) < 4.78 is 11.4. The number of hydrogen-bond acceptors (Lipinski definition) is 4. The van der Waals surface area contributed by atoms with E-state index in [1.807, 2.05) is 12.1 Å². The first kappa shape index (κ1) is 20.2. The zero-order valence-corrected chi connectivity index (χ0v) is 15.0. The van der Waals surface area contributed by atoms with Crippen LogP contribution in [0.4, 0.5) is 0 Å². The standard InChI is InChI=1S/C18H29NO3.ClH/c1-14(2)19-12-16(20)13-22-18-8-6-15(7-9-18)10-11-21-17-4-3-5-17;/h6-9,14,16-17,19-20H,3-5,10-13H2,1-2H3;1H. The fourth-order valence-corrected chi connectivity index (χ4v) is 2.26. The third kappa shape index (κ3) is 8.02. The van der Waals surface area contributed by atoms with Crippen molar-refractivity contribution in [2.75, 3.05) is 19.8 Å². The summed E-state index contributed by atoms with van der Waals surface area (Å²) in [6, 6.07) is 8.43. The number of rotatable bonds is 10. The number of benzene rings is 1. The normalized spacial score (nSPS) is 15.8. The Bertz CT molecular complexity index is 421. The largest absolute Gasteiger partial charge is 0.491 e. The molecule has 1 aromatic carbocycles. The molecule has 0 saturated heterocycles. The van der Waals surface area contributed by atoms with Crippen molar-refractivity contribution in [1.82, 2.24) is 5.32 Å². The molecule has 1 aromatic rings. The maximum Gasteiger partial charge on any atom is 0.119 e. The van der Waals surface area contributed by atoms with Crippen LogP contribution in [0.25, 0.3) is 0 Å². The summed E-state index contributed by atoms with van der Waals surface area (Å²) in [5.74, 6) is 0.798. The summed E-state index contributed by atoms with van der Waals surface area (Å²) in [6.45, 7) is 5.77. The van der Waals surface area contributed by atoms with E-state index in [-0.39, 0.29) is 12.4 Å². The van der Waals surface area contributed by atoms with E-state index < -0.39 is 6.10 Å². The Morgan fingerprint density at radius 1 is 1.22 bits per heavy atom. The molecule has 0 aromatic heterocycles. The molecule has 2 N–H and O–H groups in total. The molecule has 1 atom stereocenters. The fraction of sp³-hybridized carbons (Fsp3) is 0.667. The van der Waals surface area contributed by atoms with E-state index in [0.29, 0.717) is 25.3 Å². The number of nitrogens with one attached hydrogen (secondary N) is 1. The van der Waals surface area contributed by atoms with Gasteiger partial charge in [-0.1, -0.05) is 26.0 Å². The summed E-state index contributed by atoms with van der Waals surface area (Å²) in [6.07, 6.45) is 4.72. The molecule has 0 amide bonds. The van der Waals surface area contributed by atoms with Crippen LogP contribution in [0.15, 0.2) is 24.3 Å². The van der Waals surface area contributed by atoms with Crippen LogP contribution in [0, 0.1) is 0 Å². The average Bonchev–Trinajstić information content (AvgIpc) is 2.46. The zero-order valence-electron chi connectivity index (χ0n) is 14.2. The molecule has 1 aliphatic carbocycles. The fourth-order valence-electron chi connectivity index (χ4n) is 2.26. The SMILES string of the molecule is CC(C)NCC(O)COc1ccc(CCOC2CCC2)cc1.Cl. The highest BCUT2D eigenvalue weighted by Crippen LogP contribution is 2.22. The van der Waals surface area contributed by atoms with Crippen molar-refractivity contribution in [2.45, 2.75) is 57.8 Å². The van der Waals surface area contributed by atoms with Gasteiger partial charge in [-0.05, 0) is 43.4 Å². The van der Waals surface area contributed by atoms with Gasteiger partial charge in [0.1, 0.15) is 18.5 Å². The lowest BCUT2D eigenvalue weighted by molar-refractivity contribution is 0.00413. The maximum absolute atomic E-state index is 9.81. The molecule has 0 bridgehead atoms. The lowest BCUT2D eigenvalue weighted by atomic mass is 9.96. The minimum Gasteiger partial charge on any atom is -0.491 e. The number of aliphatic hydroxyl groups excluding tert-OH is 1. The van der Waals surface area contributed by atoms with Crippen LogP contribution in [0.5, 0.6) is 5.75 Å². The topological polar surface area (TPSA) is 50.7 Å². The van der Waals surface area contributed by atoms with E-state index in [0.717, 1.165) is 18.8 Å².